The van der Waals surface area contributed by atoms with Crippen molar-refractivity contribution >= 4 is 23.6 Å². The number of pyridine rings is 1. The van der Waals surface area contributed by atoms with Crippen molar-refractivity contribution < 1.29 is 18.0 Å². The minimum absolute atomic E-state index is 0.185. The zero-order valence-electron chi connectivity index (χ0n) is 15.1. The molecule has 146 valence electrons. The Bertz CT molecular complexity index is 1200. The lowest BCUT2D eigenvalue weighted by Gasteiger charge is -2.09. The third kappa shape index (κ3) is 3.66. The lowest BCUT2D eigenvalue weighted by atomic mass is 10.2. The van der Waals surface area contributed by atoms with Crippen LogP contribution < -0.4 is 5.32 Å². The number of fused-ring (bicyclic) bond motifs is 1. The summed E-state index contributed by atoms with van der Waals surface area (Å²) < 4.78 is 40.5. The Labute approximate surface area is 163 Å². The van der Waals surface area contributed by atoms with E-state index in [2.05, 4.69) is 20.3 Å². The second-order valence-electron chi connectivity index (χ2n) is 6.32. The number of rotatable bonds is 4. The van der Waals surface area contributed by atoms with E-state index in [9.17, 15) is 18.0 Å². The van der Waals surface area contributed by atoms with Crippen LogP contribution in [0, 0.1) is 6.92 Å². The van der Waals surface area contributed by atoms with Gasteiger partial charge in [0.25, 0.3) is 0 Å². The maximum absolute atomic E-state index is 13.0. The summed E-state index contributed by atoms with van der Waals surface area (Å²) in [6.45, 7) is 1.71. The van der Waals surface area contributed by atoms with E-state index in [1.165, 1.54) is 6.20 Å². The van der Waals surface area contributed by atoms with Crippen LogP contribution in [0.1, 0.15) is 21.6 Å². The van der Waals surface area contributed by atoms with Crippen molar-refractivity contribution in [3.8, 4) is 11.4 Å². The minimum Gasteiger partial charge on any atom is -0.324 e. The molecule has 0 aliphatic carbocycles. The summed E-state index contributed by atoms with van der Waals surface area (Å²) in [5, 5.41) is 3.04. The first-order valence-electron chi connectivity index (χ1n) is 8.57. The molecule has 3 heterocycles. The van der Waals surface area contributed by atoms with E-state index in [1.807, 2.05) is 0 Å². The summed E-state index contributed by atoms with van der Waals surface area (Å²) >= 11 is 0. The summed E-state index contributed by atoms with van der Waals surface area (Å²) in [5.74, 6) is 0.308. The van der Waals surface area contributed by atoms with Gasteiger partial charge < -0.3 is 5.32 Å². The van der Waals surface area contributed by atoms with Gasteiger partial charge in [-0.3, -0.25) is 9.20 Å². The van der Waals surface area contributed by atoms with Crippen LogP contribution in [0.25, 0.3) is 17.0 Å². The number of benzene rings is 1. The Morgan fingerprint density at radius 2 is 1.83 bits per heavy atom. The predicted molar refractivity (Wildman–Crippen MR) is 101 cm³/mol. The van der Waals surface area contributed by atoms with Gasteiger partial charge in [0.15, 0.2) is 0 Å². The van der Waals surface area contributed by atoms with Crippen molar-refractivity contribution in [3.63, 3.8) is 0 Å². The fraction of sp³-hybridized carbons (Fsp3) is 0.100. The van der Waals surface area contributed by atoms with E-state index in [4.69, 9.17) is 0 Å². The first-order chi connectivity index (χ1) is 13.8. The van der Waals surface area contributed by atoms with Gasteiger partial charge in [0, 0.05) is 23.6 Å². The largest absolute Gasteiger partial charge is 0.416 e. The molecule has 3 aromatic heterocycles. The number of aromatic nitrogens is 4. The van der Waals surface area contributed by atoms with Crippen molar-refractivity contribution in [1.82, 2.24) is 19.4 Å². The molecule has 0 saturated carbocycles. The zero-order valence-corrected chi connectivity index (χ0v) is 15.1. The molecule has 9 heteroatoms. The van der Waals surface area contributed by atoms with Crippen molar-refractivity contribution in [2.24, 2.45) is 0 Å². The van der Waals surface area contributed by atoms with Gasteiger partial charge in [-0.2, -0.15) is 13.2 Å². The summed E-state index contributed by atoms with van der Waals surface area (Å²) in [4.78, 5) is 23.6. The number of hydrogen-bond donors (Lipinski definition) is 1. The Balaban J connectivity index is 1.71. The number of carbonyl (C=O) groups excluding carboxylic acids is 1. The number of imidazole rings is 1. The van der Waals surface area contributed by atoms with Crippen LogP contribution in [0.5, 0.6) is 0 Å². The first kappa shape index (κ1) is 18.6. The van der Waals surface area contributed by atoms with E-state index >= 15 is 0 Å². The van der Waals surface area contributed by atoms with E-state index in [0.29, 0.717) is 34.3 Å². The van der Waals surface area contributed by atoms with E-state index in [1.54, 1.807) is 47.9 Å². The number of halogens is 3. The summed E-state index contributed by atoms with van der Waals surface area (Å²) in [5.41, 5.74) is 2.30. The smallest absolute Gasteiger partial charge is 0.324 e. The highest BCUT2D eigenvalue weighted by Crippen LogP contribution is 2.31. The van der Waals surface area contributed by atoms with Crippen molar-refractivity contribution in [3.05, 3.63) is 71.7 Å². The van der Waals surface area contributed by atoms with E-state index in [0.717, 1.165) is 18.4 Å². The third-order valence-corrected chi connectivity index (χ3v) is 4.33. The molecule has 1 aromatic carbocycles. The molecular formula is C20H14F3N5O. The molecule has 0 saturated heterocycles. The second-order valence-corrected chi connectivity index (χ2v) is 6.32. The van der Waals surface area contributed by atoms with Crippen LogP contribution in [-0.4, -0.2) is 25.6 Å². The zero-order chi connectivity index (χ0) is 20.6. The summed E-state index contributed by atoms with van der Waals surface area (Å²) in [6, 6.07) is 10.4. The molecule has 6 nitrogen and oxygen atoms in total. The second kappa shape index (κ2) is 7.01. The van der Waals surface area contributed by atoms with Crippen LogP contribution in [0.4, 0.5) is 24.8 Å². The van der Waals surface area contributed by atoms with Crippen LogP contribution in [0.15, 0.2) is 54.9 Å². The number of carbonyl (C=O) groups is 1. The average Bonchev–Trinajstić information content (AvgIpc) is 3.03. The molecule has 0 amide bonds. The van der Waals surface area contributed by atoms with Crippen LogP contribution in [-0.2, 0) is 6.18 Å². The van der Waals surface area contributed by atoms with Crippen LogP contribution >= 0.6 is 0 Å². The Morgan fingerprint density at radius 3 is 2.52 bits per heavy atom. The van der Waals surface area contributed by atoms with Crippen molar-refractivity contribution in [2.45, 2.75) is 13.1 Å². The van der Waals surface area contributed by atoms with Crippen LogP contribution in [0.3, 0.4) is 0 Å². The standard InChI is InChI=1S/C20H14F3N5O/c1-12-18(28-9-7-14(20(21,22)23)10-17(28)25-12)16-6-8-24-19(27-16)26-15-4-2-13(11-29)3-5-15/h2-11H,1H3,(H,24,26,27). The summed E-state index contributed by atoms with van der Waals surface area (Å²) in [6.07, 6.45) is -0.806. The van der Waals surface area contributed by atoms with Gasteiger partial charge in [0.2, 0.25) is 5.95 Å². The number of anilines is 2. The highest BCUT2D eigenvalue weighted by molar-refractivity contribution is 5.76. The molecular weight excluding hydrogens is 383 g/mol. The number of nitrogens with zero attached hydrogens (tertiary/aromatic N) is 4. The first-order valence-corrected chi connectivity index (χ1v) is 8.57. The summed E-state index contributed by atoms with van der Waals surface area (Å²) in [7, 11) is 0. The molecule has 0 bridgehead atoms. The van der Waals surface area contributed by atoms with Gasteiger partial charge in [-0.05, 0) is 49.4 Å². The topological polar surface area (TPSA) is 72.2 Å². The molecule has 0 radical (unpaired) electrons. The number of nitrogens with one attached hydrogen (secondary N) is 1. The molecule has 1 N–H and O–H groups in total. The monoisotopic (exact) mass is 397 g/mol. The number of alkyl halides is 3. The van der Waals surface area contributed by atoms with E-state index < -0.39 is 11.7 Å². The Hall–Kier alpha value is -3.75. The Morgan fingerprint density at radius 1 is 1.07 bits per heavy atom. The SMILES string of the molecule is Cc1nc2cc(C(F)(F)F)ccn2c1-c1ccnc(Nc2ccc(C=O)cc2)n1. The number of aryl methyl sites for hydroxylation is 1. The van der Waals surface area contributed by atoms with Gasteiger partial charge in [0.1, 0.15) is 11.9 Å². The molecule has 0 aliphatic heterocycles. The van der Waals surface area contributed by atoms with Crippen LogP contribution in [0.2, 0.25) is 0 Å². The van der Waals surface area contributed by atoms with Gasteiger partial charge in [-0.15, -0.1) is 0 Å². The lowest BCUT2D eigenvalue weighted by molar-refractivity contribution is -0.137. The minimum atomic E-state index is -4.44. The molecule has 0 aliphatic rings. The van der Waals surface area contributed by atoms with Gasteiger partial charge in [-0.1, -0.05) is 0 Å². The fourth-order valence-corrected chi connectivity index (χ4v) is 2.97. The predicted octanol–water partition coefficient (Wildman–Crippen LogP) is 4.67. The molecule has 29 heavy (non-hydrogen) atoms. The molecule has 0 unspecified atom stereocenters. The fourth-order valence-electron chi connectivity index (χ4n) is 2.97. The van der Waals surface area contributed by atoms with Crippen molar-refractivity contribution in [2.75, 3.05) is 5.32 Å². The highest BCUT2D eigenvalue weighted by atomic mass is 19.4. The van der Waals surface area contributed by atoms with Crippen molar-refractivity contribution in [1.29, 1.82) is 0 Å². The molecule has 0 atom stereocenters. The molecule has 4 aromatic rings. The number of aldehydes is 1. The Kier molecular flexibility index (Phi) is 4.50. The molecule has 0 spiro atoms. The molecule has 4 rings (SSSR count). The quantitative estimate of drug-likeness (QED) is 0.507. The van der Waals surface area contributed by atoms with E-state index in [-0.39, 0.29) is 5.65 Å². The van der Waals surface area contributed by atoms with Gasteiger partial charge in [0.05, 0.1) is 22.6 Å². The van der Waals surface area contributed by atoms with Gasteiger partial charge in [-0.25, -0.2) is 15.0 Å². The maximum Gasteiger partial charge on any atom is 0.416 e. The maximum atomic E-state index is 13.0. The van der Waals surface area contributed by atoms with Gasteiger partial charge >= 0.3 is 6.18 Å². The normalized spacial score (nSPS) is 11.6. The average molecular weight is 397 g/mol. The number of hydrogen-bond acceptors (Lipinski definition) is 5. The lowest BCUT2D eigenvalue weighted by Crippen LogP contribution is -2.05. The third-order valence-electron chi connectivity index (χ3n) is 4.33. The molecule has 0 fully saturated rings. The highest BCUT2D eigenvalue weighted by Gasteiger charge is 2.31.